The Hall–Kier alpha value is 0. The molecule has 0 saturated heterocycles. The van der Waals surface area contributed by atoms with E-state index in [9.17, 15) is 0 Å². The summed E-state index contributed by atoms with van der Waals surface area (Å²) < 4.78 is 0. The van der Waals surface area contributed by atoms with Gasteiger partial charge in [0, 0.05) is 0 Å². The number of rotatable bonds is 0. The van der Waals surface area contributed by atoms with Crippen LogP contribution < -0.4 is 0 Å². The van der Waals surface area contributed by atoms with Crippen molar-refractivity contribution in [2.45, 2.75) is 68.2 Å². The summed E-state index contributed by atoms with van der Waals surface area (Å²) in [5.41, 5.74) is 1.96. The normalized spacial score (nSPS) is 25.7. The number of hydrogen-bond donors (Lipinski definition) is 0. The van der Waals surface area contributed by atoms with E-state index in [0.29, 0.717) is 21.7 Å². The maximum Gasteiger partial charge on any atom is -0.0190 e. The average Bonchev–Trinajstić information content (AvgIpc) is 1.75. The van der Waals surface area contributed by atoms with Gasteiger partial charge in [0.1, 0.15) is 0 Å². The van der Waals surface area contributed by atoms with E-state index in [-0.39, 0.29) is 0 Å². The molecule has 0 atom stereocenters. The highest BCUT2D eigenvalue weighted by Gasteiger charge is 2.60. The van der Waals surface area contributed by atoms with Gasteiger partial charge in [0.2, 0.25) is 0 Å². The molecule has 1 fully saturated rings. The highest BCUT2D eigenvalue weighted by Crippen LogP contribution is 2.69. The first-order valence-electron chi connectivity index (χ1n) is 5.91. The molecule has 0 N–H and O–H groups in total. The fraction of sp³-hybridized carbons (Fsp3) is 1.00. The largest absolute Gasteiger partial charge is 0.0599 e. The Bertz CT molecular complexity index is 195. The first-order chi connectivity index (χ1) is 5.91. The van der Waals surface area contributed by atoms with Crippen LogP contribution in [0.15, 0.2) is 0 Å². The molecular weight excluding hydrogens is 168 g/mol. The molecule has 0 bridgehead atoms. The van der Waals surface area contributed by atoms with Crippen molar-refractivity contribution in [2.75, 3.05) is 0 Å². The van der Waals surface area contributed by atoms with E-state index in [1.54, 1.807) is 0 Å². The maximum atomic E-state index is 2.41. The van der Waals surface area contributed by atoms with Gasteiger partial charge in [-0.05, 0) is 34.5 Å². The number of hydrogen-bond acceptors (Lipinski definition) is 0. The summed E-state index contributed by atoms with van der Waals surface area (Å²) in [6.45, 7) is 19.3. The van der Waals surface area contributed by atoms with Gasteiger partial charge in [0.15, 0.2) is 0 Å². The third kappa shape index (κ3) is 1.61. The van der Waals surface area contributed by atoms with Gasteiger partial charge in [-0.2, -0.15) is 0 Å². The van der Waals surface area contributed by atoms with Crippen LogP contribution >= 0.6 is 0 Å². The van der Waals surface area contributed by atoms with E-state index in [4.69, 9.17) is 0 Å². The monoisotopic (exact) mass is 196 g/mol. The van der Waals surface area contributed by atoms with E-state index in [1.807, 2.05) is 0 Å². The fourth-order valence-electron chi connectivity index (χ4n) is 3.77. The van der Waals surface area contributed by atoms with Gasteiger partial charge < -0.3 is 0 Å². The van der Waals surface area contributed by atoms with Gasteiger partial charge in [-0.3, -0.25) is 0 Å². The molecule has 1 aliphatic carbocycles. The van der Waals surface area contributed by atoms with E-state index < -0.39 is 0 Å². The molecule has 0 amide bonds. The summed E-state index contributed by atoms with van der Waals surface area (Å²) in [6, 6.07) is 0. The maximum absolute atomic E-state index is 2.41. The molecule has 0 aromatic heterocycles. The second kappa shape index (κ2) is 2.77. The summed E-state index contributed by atoms with van der Waals surface area (Å²) in [7, 11) is 0. The smallest absolute Gasteiger partial charge is 0.0190 e. The predicted octanol–water partition coefficient (Wildman–Crippen LogP) is 4.89. The van der Waals surface area contributed by atoms with E-state index in [1.165, 1.54) is 12.8 Å². The van der Waals surface area contributed by atoms with Gasteiger partial charge >= 0.3 is 0 Å². The van der Waals surface area contributed by atoms with Crippen molar-refractivity contribution in [1.29, 1.82) is 0 Å². The average molecular weight is 196 g/mol. The first kappa shape index (κ1) is 12.1. The lowest BCUT2D eigenvalue weighted by molar-refractivity contribution is -0.169. The molecule has 14 heavy (non-hydrogen) atoms. The van der Waals surface area contributed by atoms with Crippen LogP contribution in [0.4, 0.5) is 0 Å². The lowest BCUT2D eigenvalue weighted by Crippen LogP contribution is -2.58. The molecule has 1 saturated carbocycles. The van der Waals surface area contributed by atoms with Gasteiger partial charge in [-0.15, -0.1) is 0 Å². The lowest BCUT2D eigenvalue weighted by Gasteiger charge is -2.66. The lowest BCUT2D eigenvalue weighted by atomic mass is 9.38. The first-order valence-corrected chi connectivity index (χ1v) is 5.91. The van der Waals surface area contributed by atoms with E-state index in [2.05, 4.69) is 55.4 Å². The Morgan fingerprint density at radius 3 is 1.07 bits per heavy atom. The van der Waals surface area contributed by atoms with E-state index in [0.717, 1.165) is 0 Å². The standard InChI is InChI=1S/C14H28/c1-11(2,3)14(12(4,5)6)9-13(7,8)10-14/h9-10H2,1-8H3. The molecule has 0 spiro atoms. The quantitative estimate of drug-likeness (QED) is 0.518. The minimum Gasteiger partial charge on any atom is -0.0599 e. The molecule has 0 aliphatic heterocycles. The summed E-state index contributed by atoms with van der Waals surface area (Å²) in [5, 5.41) is 0. The van der Waals surface area contributed by atoms with Crippen LogP contribution in [0, 0.1) is 21.7 Å². The molecule has 84 valence electrons. The Balaban J connectivity index is 2.99. The topological polar surface area (TPSA) is 0 Å². The Kier molecular flexibility index (Phi) is 2.39. The van der Waals surface area contributed by atoms with Gasteiger partial charge in [0.25, 0.3) is 0 Å². The zero-order valence-corrected chi connectivity index (χ0v) is 11.4. The zero-order valence-electron chi connectivity index (χ0n) is 11.4. The molecule has 0 radical (unpaired) electrons. The van der Waals surface area contributed by atoms with Crippen molar-refractivity contribution in [2.24, 2.45) is 21.7 Å². The van der Waals surface area contributed by atoms with Crippen LogP contribution in [0.25, 0.3) is 0 Å². The molecule has 0 unspecified atom stereocenters. The van der Waals surface area contributed by atoms with Crippen LogP contribution in [0.2, 0.25) is 0 Å². The Morgan fingerprint density at radius 2 is 1.00 bits per heavy atom. The zero-order chi connectivity index (χ0) is 11.4. The second-order valence-electron chi connectivity index (χ2n) is 8.10. The molecule has 0 nitrogen and oxygen atoms in total. The predicted molar refractivity (Wildman–Crippen MR) is 64.4 cm³/mol. The second-order valence-corrected chi connectivity index (χ2v) is 8.10. The highest BCUT2D eigenvalue weighted by atomic mass is 14.6. The van der Waals surface area contributed by atoms with Crippen molar-refractivity contribution in [3.05, 3.63) is 0 Å². The summed E-state index contributed by atoms with van der Waals surface area (Å²) in [6.07, 6.45) is 2.76. The molecule has 0 aromatic carbocycles. The highest BCUT2D eigenvalue weighted by molar-refractivity contribution is 5.09. The van der Waals surface area contributed by atoms with Gasteiger partial charge in [0.05, 0.1) is 0 Å². The molecule has 1 aliphatic rings. The van der Waals surface area contributed by atoms with Crippen LogP contribution in [-0.4, -0.2) is 0 Å². The summed E-state index contributed by atoms with van der Waals surface area (Å²) >= 11 is 0. The Morgan fingerprint density at radius 1 is 0.714 bits per heavy atom. The van der Waals surface area contributed by atoms with Crippen molar-refractivity contribution < 1.29 is 0 Å². The minimum absolute atomic E-state index is 0.431. The van der Waals surface area contributed by atoms with Crippen LogP contribution in [0.5, 0.6) is 0 Å². The molecule has 0 heterocycles. The van der Waals surface area contributed by atoms with E-state index >= 15 is 0 Å². The Labute approximate surface area is 90.5 Å². The third-order valence-electron chi connectivity index (χ3n) is 4.43. The molecule has 0 aromatic rings. The SMILES string of the molecule is CC1(C)CC(C(C)(C)C)(C(C)(C)C)C1. The summed E-state index contributed by atoms with van der Waals surface area (Å²) in [5.74, 6) is 0. The van der Waals surface area contributed by atoms with Gasteiger partial charge in [-0.1, -0.05) is 55.4 Å². The van der Waals surface area contributed by atoms with Crippen LogP contribution in [0.1, 0.15) is 68.2 Å². The molecule has 1 rings (SSSR count). The molecule has 0 heteroatoms. The van der Waals surface area contributed by atoms with Crippen molar-refractivity contribution in [3.8, 4) is 0 Å². The van der Waals surface area contributed by atoms with Crippen LogP contribution in [0.3, 0.4) is 0 Å². The van der Waals surface area contributed by atoms with Crippen molar-refractivity contribution in [1.82, 2.24) is 0 Å². The fourth-order valence-corrected chi connectivity index (χ4v) is 3.77. The molecular formula is C14H28. The van der Waals surface area contributed by atoms with Crippen molar-refractivity contribution >= 4 is 0 Å². The van der Waals surface area contributed by atoms with Crippen molar-refractivity contribution in [3.63, 3.8) is 0 Å². The summed E-state index contributed by atoms with van der Waals surface area (Å²) in [4.78, 5) is 0. The minimum atomic E-state index is 0.431. The van der Waals surface area contributed by atoms with Gasteiger partial charge in [-0.25, -0.2) is 0 Å². The third-order valence-corrected chi connectivity index (χ3v) is 4.43. The van der Waals surface area contributed by atoms with Crippen LogP contribution in [-0.2, 0) is 0 Å².